The van der Waals surface area contributed by atoms with Gasteiger partial charge in [-0.1, -0.05) is 6.92 Å². The fourth-order valence-corrected chi connectivity index (χ4v) is 2.82. The van der Waals surface area contributed by atoms with Crippen molar-refractivity contribution >= 4 is 0 Å². The normalized spacial score (nSPS) is 21.4. The number of nitrogens with one attached hydrogen (secondary N) is 1. The lowest BCUT2D eigenvalue weighted by molar-refractivity contribution is 0.162. The van der Waals surface area contributed by atoms with Gasteiger partial charge in [-0.3, -0.25) is 4.90 Å². The van der Waals surface area contributed by atoms with Crippen LogP contribution >= 0.6 is 0 Å². The number of nitrogens with zero attached hydrogens (tertiary/aromatic N) is 1. The summed E-state index contributed by atoms with van der Waals surface area (Å²) in [6, 6.07) is 5.56. The predicted octanol–water partition coefficient (Wildman–Crippen LogP) is 1.84. The molecule has 2 rings (SSSR count). The highest BCUT2D eigenvalue weighted by Gasteiger charge is 2.26. The number of benzene rings is 1. The quantitative estimate of drug-likeness (QED) is 0.763. The third-order valence-electron chi connectivity index (χ3n) is 3.77. The van der Waals surface area contributed by atoms with E-state index < -0.39 is 0 Å². The summed E-state index contributed by atoms with van der Waals surface area (Å²) >= 11 is 0. The summed E-state index contributed by atoms with van der Waals surface area (Å²) in [6.07, 6.45) is 1.16. The van der Waals surface area contributed by atoms with Gasteiger partial charge in [-0.15, -0.1) is 0 Å². The van der Waals surface area contributed by atoms with Crippen molar-refractivity contribution in [3.63, 3.8) is 0 Å². The fourth-order valence-electron chi connectivity index (χ4n) is 2.82. The topological polar surface area (TPSA) is 55.7 Å². The summed E-state index contributed by atoms with van der Waals surface area (Å²) in [6.45, 7) is 7.32. The van der Waals surface area contributed by atoms with E-state index in [9.17, 15) is 10.2 Å². The Balaban J connectivity index is 2.19. The Labute approximate surface area is 108 Å². The van der Waals surface area contributed by atoms with Crippen LogP contribution in [0.4, 0.5) is 0 Å². The van der Waals surface area contributed by atoms with Gasteiger partial charge in [-0.2, -0.15) is 0 Å². The lowest BCUT2D eigenvalue weighted by Gasteiger charge is -2.33. The minimum absolute atomic E-state index is 0.123. The summed E-state index contributed by atoms with van der Waals surface area (Å²) in [5, 5.41) is 22.5. The predicted molar refractivity (Wildman–Crippen MR) is 71.8 cm³/mol. The largest absolute Gasteiger partial charge is 0.508 e. The average molecular weight is 250 g/mol. The standard InChI is InChI=1S/C14H22N2O2/c1-3-16(12-4-5-15-9-12)10(2)11-6-13(17)8-14(18)7-11/h6-8,10,12,15,17-18H,3-5,9H2,1-2H3. The molecule has 1 heterocycles. The van der Waals surface area contributed by atoms with Crippen LogP contribution in [-0.2, 0) is 0 Å². The molecular weight excluding hydrogens is 228 g/mol. The number of phenols is 2. The molecule has 0 spiro atoms. The van der Waals surface area contributed by atoms with E-state index in [1.807, 2.05) is 0 Å². The Morgan fingerprint density at radius 2 is 2.00 bits per heavy atom. The highest BCUT2D eigenvalue weighted by atomic mass is 16.3. The molecule has 1 saturated heterocycles. The lowest BCUT2D eigenvalue weighted by atomic mass is 10.0. The first-order chi connectivity index (χ1) is 8.61. The van der Waals surface area contributed by atoms with Crippen molar-refractivity contribution < 1.29 is 10.2 Å². The number of aromatic hydroxyl groups is 2. The Morgan fingerprint density at radius 1 is 1.33 bits per heavy atom. The van der Waals surface area contributed by atoms with Crippen molar-refractivity contribution in [1.29, 1.82) is 0 Å². The van der Waals surface area contributed by atoms with Gasteiger partial charge in [0, 0.05) is 24.7 Å². The smallest absolute Gasteiger partial charge is 0.119 e. The number of rotatable bonds is 4. The first kappa shape index (κ1) is 13.2. The SMILES string of the molecule is CCN(C1CCNC1)C(C)c1cc(O)cc(O)c1. The van der Waals surface area contributed by atoms with E-state index in [1.54, 1.807) is 12.1 Å². The number of phenolic OH excluding ortho intramolecular Hbond substituents is 2. The van der Waals surface area contributed by atoms with Crippen molar-refractivity contribution in [1.82, 2.24) is 10.2 Å². The third kappa shape index (κ3) is 2.76. The van der Waals surface area contributed by atoms with E-state index in [0.717, 1.165) is 31.6 Å². The van der Waals surface area contributed by atoms with Crippen LogP contribution in [0.1, 0.15) is 31.9 Å². The summed E-state index contributed by atoms with van der Waals surface area (Å²) in [4.78, 5) is 2.41. The summed E-state index contributed by atoms with van der Waals surface area (Å²) in [7, 11) is 0. The van der Waals surface area contributed by atoms with Crippen LogP contribution in [0, 0.1) is 0 Å². The molecule has 4 nitrogen and oxygen atoms in total. The molecule has 2 atom stereocenters. The molecule has 4 heteroatoms. The van der Waals surface area contributed by atoms with Gasteiger partial charge in [0.1, 0.15) is 11.5 Å². The highest BCUT2D eigenvalue weighted by Crippen LogP contribution is 2.30. The molecule has 1 aromatic carbocycles. The van der Waals surface area contributed by atoms with Gasteiger partial charge in [-0.25, -0.2) is 0 Å². The number of hydrogen-bond acceptors (Lipinski definition) is 4. The molecule has 1 aromatic rings. The van der Waals surface area contributed by atoms with Crippen LogP contribution < -0.4 is 5.32 Å². The molecule has 1 aliphatic rings. The summed E-state index contributed by atoms with van der Waals surface area (Å²) in [5.74, 6) is 0.245. The molecule has 0 saturated carbocycles. The molecule has 0 aliphatic carbocycles. The second kappa shape index (κ2) is 5.59. The molecule has 18 heavy (non-hydrogen) atoms. The van der Waals surface area contributed by atoms with E-state index in [2.05, 4.69) is 24.1 Å². The van der Waals surface area contributed by atoms with Crippen LogP contribution in [0.5, 0.6) is 11.5 Å². The highest BCUT2D eigenvalue weighted by molar-refractivity contribution is 5.38. The molecule has 1 aliphatic heterocycles. The van der Waals surface area contributed by atoms with Gasteiger partial charge in [0.05, 0.1) is 0 Å². The van der Waals surface area contributed by atoms with Crippen molar-refractivity contribution in [2.24, 2.45) is 0 Å². The van der Waals surface area contributed by atoms with Crippen molar-refractivity contribution in [3.05, 3.63) is 23.8 Å². The minimum Gasteiger partial charge on any atom is -0.508 e. The maximum absolute atomic E-state index is 9.57. The Kier molecular flexibility index (Phi) is 4.09. The van der Waals surface area contributed by atoms with E-state index in [-0.39, 0.29) is 17.5 Å². The monoisotopic (exact) mass is 250 g/mol. The fraction of sp³-hybridized carbons (Fsp3) is 0.571. The Bertz CT molecular complexity index is 383. The second-order valence-electron chi connectivity index (χ2n) is 4.94. The molecule has 1 fully saturated rings. The zero-order valence-electron chi connectivity index (χ0n) is 11.1. The van der Waals surface area contributed by atoms with E-state index >= 15 is 0 Å². The van der Waals surface area contributed by atoms with Gasteiger partial charge in [0.15, 0.2) is 0 Å². The molecule has 0 amide bonds. The Hall–Kier alpha value is -1.26. The first-order valence-corrected chi connectivity index (χ1v) is 6.61. The Morgan fingerprint density at radius 3 is 2.50 bits per heavy atom. The van der Waals surface area contributed by atoms with Gasteiger partial charge in [0.25, 0.3) is 0 Å². The maximum atomic E-state index is 9.57. The van der Waals surface area contributed by atoms with Crippen molar-refractivity contribution in [2.45, 2.75) is 32.4 Å². The van der Waals surface area contributed by atoms with Crippen LogP contribution in [0.2, 0.25) is 0 Å². The van der Waals surface area contributed by atoms with Gasteiger partial charge in [-0.05, 0) is 44.1 Å². The molecule has 3 N–H and O–H groups in total. The van der Waals surface area contributed by atoms with E-state index in [4.69, 9.17) is 0 Å². The van der Waals surface area contributed by atoms with E-state index in [1.165, 1.54) is 6.07 Å². The average Bonchev–Trinajstić information content (AvgIpc) is 2.82. The van der Waals surface area contributed by atoms with Crippen molar-refractivity contribution in [2.75, 3.05) is 19.6 Å². The molecular formula is C14H22N2O2. The van der Waals surface area contributed by atoms with Crippen molar-refractivity contribution in [3.8, 4) is 11.5 Å². The summed E-state index contributed by atoms with van der Waals surface area (Å²) in [5.41, 5.74) is 0.959. The lowest BCUT2D eigenvalue weighted by Crippen LogP contribution is -2.38. The zero-order chi connectivity index (χ0) is 13.1. The molecule has 0 aromatic heterocycles. The minimum atomic E-state index is 0.123. The molecule has 0 bridgehead atoms. The molecule has 0 radical (unpaired) electrons. The number of hydrogen-bond donors (Lipinski definition) is 3. The summed E-state index contributed by atoms with van der Waals surface area (Å²) < 4.78 is 0. The number of likely N-dealkylation sites (N-methyl/N-ethyl adjacent to an activating group) is 1. The first-order valence-electron chi connectivity index (χ1n) is 6.61. The van der Waals surface area contributed by atoms with Crippen LogP contribution in [0.25, 0.3) is 0 Å². The van der Waals surface area contributed by atoms with Gasteiger partial charge < -0.3 is 15.5 Å². The van der Waals surface area contributed by atoms with Gasteiger partial charge in [0.2, 0.25) is 0 Å². The van der Waals surface area contributed by atoms with Gasteiger partial charge >= 0.3 is 0 Å². The molecule has 2 unspecified atom stereocenters. The third-order valence-corrected chi connectivity index (χ3v) is 3.77. The van der Waals surface area contributed by atoms with Crippen LogP contribution in [-0.4, -0.2) is 40.8 Å². The maximum Gasteiger partial charge on any atom is 0.119 e. The van der Waals surface area contributed by atoms with Crippen LogP contribution in [0.3, 0.4) is 0 Å². The van der Waals surface area contributed by atoms with Crippen LogP contribution in [0.15, 0.2) is 18.2 Å². The zero-order valence-corrected chi connectivity index (χ0v) is 11.1. The molecule has 100 valence electrons. The van der Waals surface area contributed by atoms with E-state index in [0.29, 0.717) is 6.04 Å². The second-order valence-corrected chi connectivity index (χ2v) is 4.94.